The molecule has 0 aromatic heterocycles. The fraction of sp³-hybridized carbons (Fsp3) is 0.645. The van der Waals surface area contributed by atoms with E-state index in [9.17, 15) is 14.4 Å². The van der Waals surface area contributed by atoms with Gasteiger partial charge in [0.1, 0.15) is 11.6 Å². The van der Waals surface area contributed by atoms with Crippen LogP contribution in [0.5, 0.6) is 0 Å². The van der Waals surface area contributed by atoms with Gasteiger partial charge in [-0.3, -0.25) is 14.4 Å². The van der Waals surface area contributed by atoms with Crippen molar-refractivity contribution in [3.63, 3.8) is 0 Å². The van der Waals surface area contributed by atoms with Crippen LogP contribution in [-0.2, 0) is 19.1 Å². The fourth-order valence-corrected chi connectivity index (χ4v) is 8.15. The molecular weight excluding hydrogens is 514 g/mol. The van der Waals surface area contributed by atoms with Crippen molar-refractivity contribution in [2.45, 2.75) is 95.5 Å². The molecule has 2 aliphatic carbocycles. The minimum absolute atomic E-state index is 0.0279. The maximum Gasteiger partial charge on any atom is 0.246 e. The molecule has 5 aliphatic rings. The quantitative estimate of drug-likeness (QED) is 0.505. The van der Waals surface area contributed by atoms with Crippen LogP contribution < -0.4 is 10.6 Å². The van der Waals surface area contributed by atoms with Crippen LogP contribution in [0.3, 0.4) is 0 Å². The second-order valence-corrected chi connectivity index (χ2v) is 13.2. The first kappa shape index (κ1) is 26.8. The summed E-state index contributed by atoms with van der Waals surface area (Å²) in [5, 5.41) is 6.83. The summed E-state index contributed by atoms with van der Waals surface area (Å²) in [5.41, 5.74) is -0.555. The van der Waals surface area contributed by atoms with E-state index in [0.717, 1.165) is 38.5 Å². The minimum atomic E-state index is -1.13. The zero-order valence-electron chi connectivity index (χ0n) is 23.1. The van der Waals surface area contributed by atoms with Crippen LogP contribution >= 0.6 is 11.6 Å². The number of likely N-dealkylation sites (tertiary alicyclic amines) is 1. The van der Waals surface area contributed by atoms with Gasteiger partial charge in [0.05, 0.1) is 17.9 Å². The number of anilines is 1. The summed E-state index contributed by atoms with van der Waals surface area (Å²) < 4.78 is 6.54. The normalized spacial score (nSPS) is 41.0. The average molecular weight is 554 g/mol. The van der Waals surface area contributed by atoms with Crippen molar-refractivity contribution >= 4 is 35.0 Å². The van der Waals surface area contributed by atoms with Crippen molar-refractivity contribution in [1.82, 2.24) is 10.2 Å². The average Bonchev–Trinajstić information content (AvgIpc) is 3.55. The molecule has 1 aromatic rings. The van der Waals surface area contributed by atoms with E-state index in [4.69, 9.17) is 16.3 Å². The number of nitrogens with one attached hydrogen (secondary N) is 2. The van der Waals surface area contributed by atoms with E-state index in [1.165, 1.54) is 6.42 Å². The summed E-state index contributed by atoms with van der Waals surface area (Å²) in [6.45, 7) is 6.71. The Morgan fingerprint density at radius 3 is 2.56 bits per heavy atom. The molecule has 3 aliphatic heterocycles. The van der Waals surface area contributed by atoms with Gasteiger partial charge in [0.2, 0.25) is 17.7 Å². The molecule has 1 spiro atoms. The highest BCUT2D eigenvalue weighted by atomic mass is 35.5. The first-order chi connectivity index (χ1) is 18.7. The topological polar surface area (TPSA) is 87.7 Å². The zero-order chi connectivity index (χ0) is 27.5. The van der Waals surface area contributed by atoms with E-state index >= 15 is 0 Å². The Morgan fingerprint density at radius 1 is 1.05 bits per heavy atom. The van der Waals surface area contributed by atoms with Gasteiger partial charge < -0.3 is 20.3 Å². The Balaban J connectivity index is 1.32. The second kappa shape index (κ2) is 10.2. The summed E-state index contributed by atoms with van der Waals surface area (Å²) in [6.07, 6.45) is 10.2. The number of nitrogens with zero attached hydrogens (tertiary/aromatic N) is 1. The summed E-state index contributed by atoms with van der Waals surface area (Å²) >= 11 is 6.14. The number of ether oxygens (including phenoxy) is 1. The van der Waals surface area contributed by atoms with Gasteiger partial charge in [0, 0.05) is 22.8 Å². The van der Waals surface area contributed by atoms with E-state index < -0.39 is 29.6 Å². The van der Waals surface area contributed by atoms with Gasteiger partial charge in [0.15, 0.2) is 0 Å². The third-order valence-electron chi connectivity index (χ3n) is 10.4. The van der Waals surface area contributed by atoms with Gasteiger partial charge in [-0.05, 0) is 68.1 Å². The number of fused-ring (bicyclic) bond motifs is 1. The predicted octanol–water partition coefficient (Wildman–Crippen LogP) is 4.95. The lowest BCUT2D eigenvalue weighted by atomic mass is 9.73. The third kappa shape index (κ3) is 4.50. The molecule has 2 bridgehead atoms. The molecule has 3 heterocycles. The van der Waals surface area contributed by atoms with Gasteiger partial charge in [0.25, 0.3) is 0 Å². The maximum atomic E-state index is 14.3. The highest BCUT2D eigenvalue weighted by molar-refractivity contribution is 6.30. The van der Waals surface area contributed by atoms with Crippen molar-refractivity contribution in [2.24, 2.45) is 29.6 Å². The summed E-state index contributed by atoms with van der Waals surface area (Å²) in [6, 6.07) is 6.26. The Hall–Kier alpha value is -2.38. The molecule has 0 radical (unpaired) electrons. The molecule has 1 aromatic carbocycles. The van der Waals surface area contributed by atoms with Gasteiger partial charge in [-0.15, -0.1) is 0 Å². The third-order valence-corrected chi connectivity index (χ3v) is 10.6. The SMILES string of the molecule is CC1CCC(N2C(=O)[C@@H]3[C@H](C(=O)Nc4cccc(Cl)c4)[C@@H]4C=C[C@@]3(O4)[C@@H]2C(=O)N[C@@H]2CCC[C@@H](C)[C@H]2C)CC1. The number of carbonyl (C=O) groups is 3. The van der Waals surface area contributed by atoms with E-state index in [2.05, 4.69) is 31.4 Å². The van der Waals surface area contributed by atoms with Crippen LogP contribution in [0.2, 0.25) is 5.02 Å². The van der Waals surface area contributed by atoms with Crippen LogP contribution in [0.1, 0.15) is 65.7 Å². The Morgan fingerprint density at radius 2 is 1.82 bits per heavy atom. The van der Waals surface area contributed by atoms with E-state index in [0.29, 0.717) is 28.5 Å². The van der Waals surface area contributed by atoms with Crippen molar-refractivity contribution < 1.29 is 19.1 Å². The molecule has 7 nitrogen and oxygen atoms in total. The van der Waals surface area contributed by atoms with Crippen LogP contribution in [0.4, 0.5) is 5.69 Å². The molecule has 2 saturated heterocycles. The molecule has 210 valence electrons. The number of rotatable bonds is 5. The lowest BCUT2D eigenvalue weighted by Gasteiger charge is -2.41. The lowest BCUT2D eigenvalue weighted by Crippen LogP contribution is -2.59. The number of benzene rings is 1. The lowest BCUT2D eigenvalue weighted by molar-refractivity contribution is -0.145. The standard InChI is InChI=1S/C31H40ClN3O4/c1-17-10-12-22(13-11-17)35-27(29(37)34-23-9-4-6-18(2)19(23)3)31-15-14-24(39-31)25(26(31)30(35)38)28(36)33-21-8-5-7-20(32)16-21/h5,7-8,14-19,22-27H,4,6,9-13H2,1-3H3,(H,33,36)(H,34,37)/t17?,18-,19-,22?,23-,24+,25-,26+,27+,31+/m1/s1. The Bertz CT molecular complexity index is 1180. The zero-order valence-corrected chi connectivity index (χ0v) is 23.8. The molecular formula is C31H40ClN3O4. The Labute approximate surface area is 236 Å². The van der Waals surface area contributed by atoms with Crippen LogP contribution in [-0.4, -0.2) is 52.5 Å². The van der Waals surface area contributed by atoms with Gasteiger partial charge in [-0.25, -0.2) is 0 Å². The number of hydrogen-bond donors (Lipinski definition) is 2. The summed E-state index contributed by atoms with van der Waals surface area (Å²) in [5.74, 6) is -0.479. The van der Waals surface area contributed by atoms with Gasteiger partial charge in [-0.2, -0.15) is 0 Å². The maximum absolute atomic E-state index is 14.3. The predicted molar refractivity (Wildman–Crippen MR) is 150 cm³/mol. The molecule has 2 saturated carbocycles. The number of hydrogen-bond acceptors (Lipinski definition) is 4. The second-order valence-electron chi connectivity index (χ2n) is 12.7. The smallest absolute Gasteiger partial charge is 0.246 e. The first-order valence-corrected chi connectivity index (χ1v) is 15.1. The van der Waals surface area contributed by atoms with E-state index in [1.54, 1.807) is 24.3 Å². The van der Waals surface area contributed by atoms with Crippen molar-refractivity contribution in [2.75, 3.05) is 5.32 Å². The van der Waals surface area contributed by atoms with Crippen molar-refractivity contribution in [3.05, 3.63) is 41.4 Å². The number of carbonyl (C=O) groups excluding carboxylic acids is 3. The van der Waals surface area contributed by atoms with Crippen LogP contribution in [0.15, 0.2) is 36.4 Å². The summed E-state index contributed by atoms with van der Waals surface area (Å²) in [7, 11) is 0. The Kier molecular flexibility index (Phi) is 7.03. The monoisotopic (exact) mass is 553 g/mol. The first-order valence-electron chi connectivity index (χ1n) is 14.8. The minimum Gasteiger partial charge on any atom is -0.359 e. The molecule has 8 atom stereocenters. The van der Waals surface area contributed by atoms with Gasteiger partial charge >= 0.3 is 0 Å². The largest absolute Gasteiger partial charge is 0.359 e. The highest BCUT2D eigenvalue weighted by Crippen LogP contribution is 2.56. The molecule has 39 heavy (non-hydrogen) atoms. The molecule has 4 fully saturated rings. The highest BCUT2D eigenvalue weighted by Gasteiger charge is 2.73. The van der Waals surface area contributed by atoms with E-state index in [-0.39, 0.29) is 29.8 Å². The van der Waals surface area contributed by atoms with E-state index in [1.807, 2.05) is 17.1 Å². The fourth-order valence-electron chi connectivity index (χ4n) is 7.96. The van der Waals surface area contributed by atoms with Crippen LogP contribution in [0, 0.1) is 29.6 Å². The molecule has 6 rings (SSSR count). The molecule has 0 unspecified atom stereocenters. The van der Waals surface area contributed by atoms with Crippen molar-refractivity contribution in [3.8, 4) is 0 Å². The number of amides is 3. The molecule has 3 amide bonds. The van der Waals surface area contributed by atoms with Gasteiger partial charge in [-0.1, -0.05) is 63.4 Å². The summed E-state index contributed by atoms with van der Waals surface area (Å²) in [4.78, 5) is 44.0. The van der Waals surface area contributed by atoms with Crippen molar-refractivity contribution in [1.29, 1.82) is 0 Å². The number of halogens is 1. The molecule has 8 heteroatoms. The van der Waals surface area contributed by atoms with Crippen LogP contribution in [0.25, 0.3) is 0 Å². The molecule has 2 N–H and O–H groups in total.